The first-order valence-electron chi connectivity index (χ1n) is 11.3. The van der Waals surface area contributed by atoms with Crippen molar-refractivity contribution in [1.29, 1.82) is 0 Å². The molecule has 4 rings (SSSR count). The predicted molar refractivity (Wildman–Crippen MR) is 130 cm³/mol. The molecule has 0 aliphatic carbocycles. The quantitative estimate of drug-likeness (QED) is 0.458. The van der Waals surface area contributed by atoms with E-state index < -0.39 is 0 Å². The Labute approximate surface area is 202 Å². The fourth-order valence-corrected chi connectivity index (χ4v) is 4.39. The van der Waals surface area contributed by atoms with Gasteiger partial charge in [-0.15, -0.1) is 0 Å². The molecule has 0 bridgehead atoms. The summed E-state index contributed by atoms with van der Waals surface area (Å²) in [5.41, 5.74) is 2.02. The van der Waals surface area contributed by atoms with Gasteiger partial charge in [-0.3, -0.25) is 9.69 Å². The molecule has 1 saturated heterocycles. The molecule has 0 saturated carbocycles. The Morgan fingerprint density at radius 1 is 1.18 bits per heavy atom. The minimum atomic E-state index is 0.0110. The highest BCUT2D eigenvalue weighted by Crippen LogP contribution is 2.24. The average molecular weight is 513 g/mol. The van der Waals surface area contributed by atoms with E-state index in [1.165, 1.54) is 0 Å². The van der Waals surface area contributed by atoms with Gasteiger partial charge in [0.05, 0.1) is 19.7 Å². The lowest BCUT2D eigenvalue weighted by Gasteiger charge is -2.31. The van der Waals surface area contributed by atoms with Crippen LogP contribution in [-0.2, 0) is 11.3 Å². The van der Waals surface area contributed by atoms with Crippen LogP contribution in [0.4, 0.5) is 0 Å². The van der Waals surface area contributed by atoms with E-state index in [-0.39, 0.29) is 17.9 Å². The van der Waals surface area contributed by atoms with Crippen LogP contribution in [0.25, 0.3) is 11.4 Å². The summed E-state index contributed by atoms with van der Waals surface area (Å²) in [7, 11) is 1.65. The minimum Gasteiger partial charge on any atom is -0.497 e. The Morgan fingerprint density at radius 3 is 2.52 bits per heavy atom. The second kappa shape index (κ2) is 10.9. The molecule has 1 fully saturated rings. The van der Waals surface area contributed by atoms with E-state index in [1.54, 1.807) is 7.11 Å². The Morgan fingerprint density at radius 2 is 1.88 bits per heavy atom. The molecular weight excluding hydrogens is 484 g/mol. The minimum absolute atomic E-state index is 0.0110. The zero-order valence-corrected chi connectivity index (χ0v) is 20.5. The van der Waals surface area contributed by atoms with Gasteiger partial charge in [0, 0.05) is 16.0 Å². The Bertz CT molecular complexity index is 1040. The van der Waals surface area contributed by atoms with Crippen LogP contribution >= 0.6 is 15.9 Å². The number of nitrogens with zero attached hydrogens (tertiary/aromatic N) is 3. The lowest BCUT2D eigenvalue weighted by molar-refractivity contribution is -0.127. The number of piperidine rings is 1. The van der Waals surface area contributed by atoms with E-state index in [0.717, 1.165) is 53.7 Å². The molecule has 0 spiro atoms. The van der Waals surface area contributed by atoms with Crippen LogP contribution in [0.5, 0.6) is 5.75 Å². The van der Waals surface area contributed by atoms with Gasteiger partial charge in [0.2, 0.25) is 17.6 Å². The molecule has 7 nitrogen and oxygen atoms in total. The number of aromatic nitrogens is 2. The first-order chi connectivity index (χ1) is 16.1. The highest BCUT2D eigenvalue weighted by molar-refractivity contribution is 9.10. The second-order valence-corrected chi connectivity index (χ2v) is 9.23. The number of hydrogen-bond acceptors (Lipinski definition) is 6. The van der Waals surface area contributed by atoms with Gasteiger partial charge in [-0.25, -0.2) is 0 Å². The Kier molecular flexibility index (Phi) is 7.77. The highest BCUT2D eigenvalue weighted by Gasteiger charge is 2.27. The highest BCUT2D eigenvalue weighted by atomic mass is 79.9. The number of halogens is 1. The smallest absolute Gasteiger partial charge is 0.241 e. The van der Waals surface area contributed by atoms with Crippen LogP contribution in [0.3, 0.4) is 0 Å². The molecule has 2 aromatic carbocycles. The number of ether oxygens (including phenoxy) is 1. The number of methoxy groups -OCH3 is 1. The molecule has 8 heteroatoms. The second-order valence-electron chi connectivity index (χ2n) is 8.31. The summed E-state index contributed by atoms with van der Waals surface area (Å²) in [6.45, 7) is 4.34. The summed E-state index contributed by atoms with van der Waals surface area (Å²) in [5.74, 6) is 2.16. The summed E-state index contributed by atoms with van der Waals surface area (Å²) < 4.78 is 11.7. The number of benzene rings is 2. The third kappa shape index (κ3) is 6.00. The van der Waals surface area contributed by atoms with E-state index in [1.807, 2.05) is 48.5 Å². The molecular formula is C25H29BrN4O3. The number of rotatable bonds is 8. The standard InChI is InChI=1S/C25H29BrN4O3/c1-3-22(17-6-10-21(32-2)11-7-17)27-25(31)19-12-14-30(15-13-19)16-23-28-24(29-33-23)18-4-8-20(26)9-5-18/h4-11,19,22H,3,12-16H2,1-2H3,(H,27,31). The van der Waals surface area contributed by atoms with Gasteiger partial charge in [-0.05, 0) is 74.3 Å². The lowest BCUT2D eigenvalue weighted by atomic mass is 9.94. The van der Waals surface area contributed by atoms with Gasteiger partial charge in [-0.2, -0.15) is 4.98 Å². The summed E-state index contributed by atoms with van der Waals surface area (Å²) in [6, 6.07) is 15.7. The van der Waals surface area contributed by atoms with Crippen molar-refractivity contribution >= 4 is 21.8 Å². The number of carbonyl (C=O) groups excluding carboxylic acids is 1. The van der Waals surface area contributed by atoms with E-state index >= 15 is 0 Å². The van der Waals surface area contributed by atoms with Gasteiger partial charge in [0.25, 0.3) is 0 Å². The van der Waals surface area contributed by atoms with Crippen LogP contribution in [-0.4, -0.2) is 41.1 Å². The summed E-state index contributed by atoms with van der Waals surface area (Å²) >= 11 is 3.43. The van der Waals surface area contributed by atoms with Crippen LogP contribution in [0.15, 0.2) is 57.5 Å². The third-order valence-corrected chi connectivity index (χ3v) is 6.66. The summed E-state index contributed by atoms with van der Waals surface area (Å²) in [6.07, 6.45) is 2.48. The van der Waals surface area contributed by atoms with Gasteiger partial charge >= 0.3 is 0 Å². The Hall–Kier alpha value is -2.71. The van der Waals surface area contributed by atoms with Crippen LogP contribution in [0.1, 0.15) is 43.7 Å². The maximum Gasteiger partial charge on any atom is 0.241 e. The molecule has 1 amide bonds. The molecule has 1 aliphatic heterocycles. The van der Waals surface area contributed by atoms with Crippen molar-refractivity contribution in [2.24, 2.45) is 5.92 Å². The van der Waals surface area contributed by atoms with Crippen molar-refractivity contribution < 1.29 is 14.1 Å². The molecule has 33 heavy (non-hydrogen) atoms. The predicted octanol–water partition coefficient (Wildman–Crippen LogP) is 4.99. The maximum absolute atomic E-state index is 12.9. The number of hydrogen-bond donors (Lipinski definition) is 1. The number of carbonyl (C=O) groups is 1. The topological polar surface area (TPSA) is 80.5 Å². The Balaban J connectivity index is 1.27. The lowest BCUT2D eigenvalue weighted by Crippen LogP contribution is -2.41. The van der Waals surface area contributed by atoms with E-state index in [2.05, 4.69) is 43.2 Å². The summed E-state index contributed by atoms with van der Waals surface area (Å²) in [5, 5.41) is 7.34. The van der Waals surface area contributed by atoms with E-state index in [4.69, 9.17) is 9.26 Å². The molecule has 174 valence electrons. The van der Waals surface area contributed by atoms with Crippen molar-refractivity contribution in [2.45, 2.75) is 38.8 Å². The molecule has 1 aliphatic rings. The van der Waals surface area contributed by atoms with Crippen molar-refractivity contribution in [3.63, 3.8) is 0 Å². The van der Waals surface area contributed by atoms with Crippen molar-refractivity contribution in [2.75, 3.05) is 20.2 Å². The van der Waals surface area contributed by atoms with Crippen molar-refractivity contribution in [3.05, 3.63) is 64.5 Å². The molecule has 0 radical (unpaired) electrons. The average Bonchev–Trinajstić information content (AvgIpc) is 3.32. The van der Waals surface area contributed by atoms with Crippen LogP contribution < -0.4 is 10.1 Å². The first-order valence-corrected chi connectivity index (χ1v) is 12.1. The fourth-order valence-electron chi connectivity index (χ4n) is 4.13. The molecule has 1 N–H and O–H groups in total. The van der Waals surface area contributed by atoms with E-state index in [9.17, 15) is 4.79 Å². The zero-order valence-electron chi connectivity index (χ0n) is 19.0. The van der Waals surface area contributed by atoms with Gasteiger partial charge < -0.3 is 14.6 Å². The molecule has 2 heterocycles. The molecule has 1 atom stereocenters. The monoisotopic (exact) mass is 512 g/mol. The number of amides is 1. The number of likely N-dealkylation sites (tertiary alicyclic amines) is 1. The molecule has 3 aromatic rings. The number of nitrogens with one attached hydrogen (secondary N) is 1. The van der Waals surface area contributed by atoms with Crippen molar-refractivity contribution in [1.82, 2.24) is 20.4 Å². The van der Waals surface area contributed by atoms with Gasteiger partial charge in [0.15, 0.2) is 0 Å². The van der Waals surface area contributed by atoms with E-state index in [0.29, 0.717) is 18.3 Å². The van der Waals surface area contributed by atoms with Gasteiger partial charge in [-0.1, -0.05) is 40.1 Å². The summed E-state index contributed by atoms with van der Waals surface area (Å²) in [4.78, 5) is 19.7. The largest absolute Gasteiger partial charge is 0.497 e. The SMILES string of the molecule is CCC(NC(=O)C1CCN(Cc2nc(-c3ccc(Br)cc3)no2)CC1)c1ccc(OC)cc1. The molecule has 1 aromatic heterocycles. The van der Waals surface area contributed by atoms with Crippen LogP contribution in [0.2, 0.25) is 0 Å². The van der Waals surface area contributed by atoms with Gasteiger partial charge in [0.1, 0.15) is 5.75 Å². The molecule has 1 unspecified atom stereocenters. The first kappa shape index (κ1) is 23.4. The zero-order chi connectivity index (χ0) is 23.2. The van der Waals surface area contributed by atoms with Crippen molar-refractivity contribution in [3.8, 4) is 17.1 Å². The van der Waals surface area contributed by atoms with Crippen LogP contribution in [0, 0.1) is 5.92 Å². The maximum atomic E-state index is 12.9. The normalized spacial score (nSPS) is 15.8. The third-order valence-electron chi connectivity index (χ3n) is 6.13. The fraction of sp³-hybridized carbons (Fsp3) is 0.400.